The van der Waals surface area contributed by atoms with Crippen LogP contribution >= 0.6 is 0 Å². The Morgan fingerprint density at radius 3 is 1.22 bits per heavy atom. The minimum Gasteiger partial charge on any atom is -0.380 e. The lowest BCUT2D eigenvalue weighted by Crippen LogP contribution is -2.45. The summed E-state index contributed by atoms with van der Waals surface area (Å²) >= 11 is 0. The third-order valence-electron chi connectivity index (χ3n) is 8.63. The Labute approximate surface area is 307 Å². The summed E-state index contributed by atoms with van der Waals surface area (Å²) in [7, 11) is 0. The highest BCUT2D eigenvalue weighted by atomic mass is 16.5. The number of ether oxygens (including phenoxy) is 1. The molecule has 14 N–H and O–H groups in total. The zero-order valence-corrected chi connectivity index (χ0v) is 32.1. The predicted molar refractivity (Wildman–Crippen MR) is 212 cm³/mol. The minimum atomic E-state index is -0.201. The van der Waals surface area contributed by atoms with Crippen molar-refractivity contribution in [2.75, 3.05) is 91.8 Å². The Bertz CT molecular complexity index is 727. The molecule has 0 aliphatic heterocycles. The van der Waals surface area contributed by atoms with Crippen molar-refractivity contribution in [3.8, 4) is 0 Å². The summed E-state index contributed by atoms with van der Waals surface area (Å²) in [5.74, 6) is 0.131. The van der Waals surface area contributed by atoms with Crippen molar-refractivity contribution in [1.82, 2.24) is 31.9 Å². The van der Waals surface area contributed by atoms with E-state index in [1.54, 1.807) is 0 Å². The fourth-order valence-corrected chi connectivity index (χ4v) is 5.53. The molecule has 0 aliphatic rings. The number of hydrogen-bond acceptors (Lipinski definition) is 11. The molecule has 0 aliphatic carbocycles. The van der Waals surface area contributed by atoms with Crippen LogP contribution < -0.4 is 54.8 Å². The molecule has 0 heterocycles. The van der Waals surface area contributed by atoms with Crippen LogP contribution in [0.1, 0.15) is 112 Å². The van der Waals surface area contributed by atoms with E-state index in [0.29, 0.717) is 52.5 Å². The van der Waals surface area contributed by atoms with Crippen LogP contribution in [0.2, 0.25) is 0 Å². The summed E-state index contributed by atoms with van der Waals surface area (Å²) in [6.45, 7) is 19.2. The summed E-state index contributed by atoms with van der Waals surface area (Å²) in [6, 6.07) is -0.401. The molecule has 0 aromatic heterocycles. The molecule has 2 atom stereocenters. The number of nitrogens with one attached hydrogen (secondary N) is 6. The predicted octanol–water partition coefficient (Wildman–Crippen LogP) is 1.54. The number of amides is 2. The van der Waals surface area contributed by atoms with Crippen LogP contribution in [0.4, 0.5) is 0 Å². The average Bonchev–Trinajstić information content (AvgIpc) is 3.06. The van der Waals surface area contributed by atoms with Crippen molar-refractivity contribution in [1.29, 1.82) is 0 Å². The van der Waals surface area contributed by atoms with Gasteiger partial charge in [-0.15, -0.1) is 0 Å². The maximum Gasteiger partial charge on any atom is 0.237 e. The number of carbonyl (C=O) groups excluding carboxylic acids is 2. The highest BCUT2D eigenvalue weighted by molar-refractivity contribution is 5.82. The van der Waals surface area contributed by atoms with Crippen LogP contribution in [0, 0.1) is 10.8 Å². The van der Waals surface area contributed by atoms with E-state index in [1.807, 2.05) is 0 Å². The van der Waals surface area contributed by atoms with Crippen LogP contribution in [0.5, 0.6) is 0 Å². The lowest BCUT2D eigenvalue weighted by atomic mass is 9.87. The lowest BCUT2D eigenvalue weighted by molar-refractivity contribution is -0.124. The Balaban J connectivity index is 0. The first-order valence-electron chi connectivity index (χ1n) is 19.3. The van der Waals surface area contributed by atoms with Gasteiger partial charge in [0.25, 0.3) is 0 Å². The van der Waals surface area contributed by atoms with E-state index in [1.165, 1.54) is 0 Å². The van der Waals surface area contributed by atoms with Crippen LogP contribution in [-0.2, 0) is 14.3 Å². The topological polar surface area (TPSA) is 220 Å². The molecule has 0 radical (unpaired) electrons. The van der Waals surface area contributed by atoms with Crippen molar-refractivity contribution < 1.29 is 14.3 Å². The van der Waals surface area contributed by atoms with Gasteiger partial charge in [0.1, 0.15) is 0 Å². The third kappa shape index (κ3) is 30.2. The van der Waals surface area contributed by atoms with Crippen molar-refractivity contribution in [2.45, 2.75) is 124 Å². The van der Waals surface area contributed by atoms with Gasteiger partial charge < -0.3 is 59.6 Å². The molecule has 0 saturated carbocycles. The smallest absolute Gasteiger partial charge is 0.237 e. The van der Waals surface area contributed by atoms with Gasteiger partial charge in [0, 0.05) is 13.1 Å². The summed E-state index contributed by atoms with van der Waals surface area (Å²) in [5.41, 5.74) is 22.4. The molecule has 0 aromatic carbocycles. The van der Waals surface area contributed by atoms with Gasteiger partial charge in [0.15, 0.2) is 0 Å². The minimum absolute atomic E-state index is 0. The first-order valence-corrected chi connectivity index (χ1v) is 19.3. The molecule has 13 nitrogen and oxygen atoms in total. The molecule has 0 spiro atoms. The normalized spacial score (nSPS) is 13.1. The van der Waals surface area contributed by atoms with E-state index in [-0.39, 0.29) is 42.2 Å². The van der Waals surface area contributed by atoms with E-state index >= 15 is 0 Å². The lowest BCUT2D eigenvalue weighted by Gasteiger charge is -2.29. The van der Waals surface area contributed by atoms with Gasteiger partial charge in [-0.3, -0.25) is 9.59 Å². The quantitative estimate of drug-likeness (QED) is 0.0419. The van der Waals surface area contributed by atoms with E-state index in [4.69, 9.17) is 27.7 Å². The van der Waals surface area contributed by atoms with Crippen molar-refractivity contribution in [2.24, 2.45) is 33.8 Å². The molecule has 0 rings (SSSR count). The standard InChI is InChI=1S/C36H80N10O3.CH4/c1-35(2,15-7-25-45-33(47)31(43-27-11-19-39)13-5-21-41-23-9-17-37)29-49-30-36(3,4)16-8-26-46-34(48)32(44-28-12-20-40)14-6-22-42-24-10-18-38;/h31-32,41-44H,5-30,37-40H2,1-4H3,(H,45,47)(H,46,48);1H4. The summed E-state index contributed by atoms with van der Waals surface area (Å²) in [6.07, 6.45) is 10.8. The number of rotatable bonds is 36. The van der Waals surface area contributed by atoms with Crippen molar-refractivity contribution in [3.63, 3.8) is 0 Å². The summed E-state index contributed by atoms with van der Waals surface area (Å²) < 4.78 is 6.22. The Kier molecular flexibility index (Phi) is 33.9. The maximum absolute atomic E-state index is 12.9. The fraction of sp³-hybridized carbons (Fsp3) is 0.946. The molecule has 2 unspecified atom stereocenters. The molecule has 0 fully saturated rings. The molecule has 50 heavy (non-hydrogen) atoms. The zero-order chi connectivity index (χ0) is 36.6. The van der Waals surface area contributed by atoms with Crippen LogP contribution in [0.15, 0.2) is 0 Å². The molecule has 2 amide bonds. The van der Waals surface area contributed by atoms with Crippen molar-refractivity contribution in [3.05, 3.63) is 0 Å². The van der Waals surface area contributed by atoms with Crippen molar-refractivity contribution >= 4 is 11.8 Å². The highest BCUT2D eigenvalue weighted by Gasteiger charge is 2.24. The molecule has 300 valence electrons. The Hall–Kier alpha value is -1.42. The van der Waals surface area contributed by atoms with E-state index in [9.17, 15) is 9.59 Å². The number of hydrogen-bond donors (Lipinski definition) is 10. The van der Waals surface area contributed by atoms with Gasteiger partial charge in [0.2, 0.25) is 11.8 Å². The van der Waals surface area contributed by atoms with Gasteiger partial charge in [-0.2, -0.15) is 0 Å². The number of nitrogens with two attached hydrogens (primary N) is 4. The summed E-state index contributed by atoms with van der Waals surface area (Å²) in [5, 5.41) is 19.8. The fourth-order valence-electron chi connectivity index (χ4n) is 5.53. The molecule has 13 heteroatoms. The largest absolute Gasteiger partial charge is 0.380 e. The zero-order valence-electron chi connectivity index (χ0n) is 32.1. The molecular weight excluding hydrogens is 632 g/mol. The first-order chi connectivity index (χ1) is 23.5. The first kappa shape index (κ1) is 50.7. The highest BCUT2D eigenvalue weighted by Crippen LogP contribution is 2.26. The third-order valence-corrected chi connectivity index (χ3v) is 8.63. The van der Waals surface area contributed by atoms with E-state index < -0.39 is 0 Å². The van der Waals surface area contributed by atoms with Gasteiger partial charge in [-0.1, -0.05) is 35.1 Å². The van der Waals surface area contributed by atoms with Crippen LogP contribution in [0.25, 0.3) is 0 Å². The Morgan fingerprint density at radius 2 is 0.860 bits per heavy atom. The van der Waals surface area contributed by atoms with E-state index in [0.717, 1.165) is 116 Å². The van der Waals surface area contributed by atoms with E-state index in [2.05, 4.69) is 59.6 Å². The number of carbonyl (C=O) groups is 2. The molecule has 0 aromatic rings. The second-order valence-electron chi connectivity index (χ2n) is 15.0. The molecule has 0 bridgehead atoms. The van der Waals surface area contributed by atoms with Crippen LogP contribution in [0.3, 0.4) is 0 Å². The van der Waals surface area contributed by atoms with Gasteiger partial charge in [0.05, 0.1) is 25.3 Å². The average molecular weight is 717 g/mol. The molecular formula is C37H84N10O3. The second kappa shape index (κ2) is 33.4. The summed E-state index contributed by atoms with van der Waals surface area (Å²) in [4.78, 5) is 25.8. The maximum atomic E-state index is 12.9. The monoisotopic (exact) mass is 717 g/mol. The van der Waals surface area contributed by atoms with Gasteiger partial charge in [-0.25, -0.2) is 0 Å². The SMILES string of the molecule is C.CC(C)(CCCNC(=O)C(CCCNCCCN)NCCCN)COCC(C)(C)CCCNC(=O)C(CCCNCCCN)NCCCN. The van der Waals surface area contributed by atoms with Crippen LogP contribution in [-0.4, -0.2) is 116 Å². The Morgan fingerprint density at radius 1 is 0.520 bits per heavy atom. The second-order valence-corrected chi connectivity index (χ2v) is 15.0. The molecule has 0 saturated heterocycles. The van der Waals surface area contributed by atoms with Gasteiger partial charge >= 0.3 is 0 Å². The van der Waals surface area contributed by atoms with Gasteiger partial charge in [-0.05, 0) is 153 Å².